The predicted octanol–water partition coefficient (Wildman–Crippen LogP) is 3.42. The van der Waals surface area contributed by atoms with Crippen molar-refractivity contribution in [3.05, 3.63) is 35.6 Å². The molecule has 2 aliphatic rings. The van der Waals surface area contributed by atoms with E-state index in [1.165, 1.54) is 6.07 Å². The highest BCUT2D eigenvalue weighted by atomic mass is 19.1. The van der Waals surface area contributed by atoms with Crippen molar-refractivity contribution in [1.82, 2.24) is 5.32 Å². The zero-order valence-corrected chi connectivity index (χ0v) is 13.3. The maximum Gasteiger partial charge on any atom is 0.168 e. The molecule has 1 aromatic carbocycles. The zero-order valence-electron chi connectivity index (χ0n) is 13.3. The molecule has 1 heterocycles. The van der Waals surface area contributed by atoms with E-state index in [9.17, 15) is 4.39 Å². The molecule has 0 amide bonds. The summed E-state index contributed by atoms with van der Waals surface area (Å²) >= 11 is 0. The summed E-state index contributed by atoms with van der Waals surface area (Å²) in [4.78, 5) is 0. The lowest BCUT2D eigenvalue weighted by Crippen LogP contribution is -2.44. The molecule has 0 bridgehead atoms. The fraction of sp³-hybridized carbons (Fsp3) is 0.667. The molecule has 1 atom stereocenters. The van der Waals surface area contributed by atoms with E-state index >= 15 is 0 Å². The average Bonchev–Trinajstić information content (AvgIpc) is 2.97. The molecule has 1 saturated heterocycles. The number of aryl methyl sites for hydroxylation is 1. The number of nitrogens with one attached hydrogen (secondary N) is 1. The largest absolute Gasteiger partial charge is 0.348 e. The first-order valence-corrected chi connectivity index (χ1v) is 8.44. The van der Waals surface area contributed by atoms with Crippen molar-refractivity contribution in [3.8, 4) is 0 Å². The van der Waals surface area contributed by atoms with Gasteiger partial charge in [0.05, 0.1) is 13.2 Å². The molecule has 1 N–H and O–H groups in total. The second kappa shape index (κ2) is 7.07. The maximum absolute atomic E-state index is 13.6. The van der Waals surface area contributed by atoms with E-state index in [1.54, 1.807) is 6.07 Å². The van der Waals surface area contributed by atoms with Crippen LogP contribution in [0.3, 0.4) is 0 Å². The minimum Gasteiger partial charge on any atom is -0.348 e. The van der Waals surface area contributed by atoms with Crippen LogP contribution < -0.4 is 5.32 Å². The molecule has 0 radical (unpaired) electrons. The molecule has 1 aliphatic heterocycles. The third-order valence-corrected chi connectivity index (χ3v) is 4.89. The maximum atomic E-state index is 13.6. The second-order valence-corrected chi connectivity index (χ2v) is 6.58. The number of rotatable bonds is 5. The highest BCUT2D eigenvalue weighted by molar-refractivity contribution is 5.17. The van der Waals surface area contributed by atoms with Crippen LogP contribution in [0.5, 0.6) is 0 Å². The molecule has 1 saturated carbocycles. The Hall–Kier alpha value is -0.970. The lowest BCUT2D eigenvalue weighted by atomic mass is 9.89. The lowest BCUT2D eigenvalue weighted by molar-refractivity contribution is -0.179. The van der Waals surface area contributed by atoms with Gasteiger partial charge in [-0.3, -0.25) is 0 Å². The van der Waals surface area contributed by atoms with Gasteiger partial charge in [-0.05, 0) is 44.2 Å². The number of benzene rings is 1. The smallest absolute Gasteiger partial charge is 0.168 e. The zero-order chi connectivity index (χ0) is 15.4. The Labute approximate surface area is 132 Å². The molecule has 122 valence electrons. The Balaban J connectivity index is 1.41. The van der Waals surface area contributed by atoms with Gasteiger partial charge in [-0.15, -0.1) is 0 Å². The van der Waals surface area contributed by atoms with Crippen LogP contribution in [-0.2, 0) is 15.9 Å². The van der Waals surface area contributed by atoms with Gasteiger partial charge in [-0.2, -0.15) is 0 Å². The molecule has 0 aromatic heterocycles. The first kappa shape index (κ1) is 15.9. The van der Waals surface area contributed by atoms with Gasteiger partial charge in [0.15, 0.2) is 5.79 Å². The minimum atomic E-state index is -0.283. The van der Waals surface area contributed by atoms with Crippen molar-refractivity contribution in [1.29, 1.82) is 0 Å². The van der Waals surface area contributed by atoms with Crippen LogP contribution in [-0.4, -0.2) is 31.1 Å². The summed E-state index contributed by atoms with van der Waals surface area (Å²) in [5.74, 6) is -0.376. The van der Waals surface area contributed by atoms with E-state index < -0.39 is 0 Å². The van der Waals surface area contributed by atoms with Crippen LogP contribution in [0.25, 0.3) is 0 Å². The molecule has 1 aromatic rings. The van der Waals surface area contributed by atoms with Crippen LogP contribution in [0, 0.1) is 5.82 Å². The Morgan fingerprint density at radius 3 is 2.59 bits per heavy atom. The van der Waals surface area contributed by atoms with Crippen molar-refractivity contribution in [2.45, 2.75) is 63.3 Å². The van der Waals surface area contributed by atoms with E-state index in [2.05, 4.69) is 12.2 Å². The van der Waals surface area contributed by atoms with E-state index in [0.29, 0.717) is 12.1 Å². The van der Waals surface area contributed by atoms with Gasteiger partial charge in [0.2, 0.25) is 0 Å². The molecule has 2 fully saturated rings. The summed E-state index contributed by atoms with van der Waals surface area (Å²) < 4.78 is 25.1. The number of halogens is 1. The topological polar surface area (TPSA) is 30.5 Å². The Morgan fingerprint density at radius 1 is 1.23 bits per heavy atom. The molecular formula is C18H26FNO2. The molecule has 3 nitrogen and oxygen atoms in total. The quantitative estimate of drug-likeness (QED) is 0.904. The summed E-state index contributed by atoms with van der Waals surface area (Å²) in [7, 11) is 0. The van der Waals surface area contributed by atoms with E-state index in [4.69, 9.17) is 9.47 Å². The van der Waals surface area contributed by atoms with Crippen molar-refractivity contribution in [2.75, 3.05) is 13.2 Å². The van der Waals surface area contributed by atoms with Gasteiger partial charge < -0.3 is 14.8 Å². The van der Waals surface area contributed by atoms with E-state index in [1.807, 2.05) is 12.1 Å². The molecule has 1 aliphatic carbocycles. The molecule has 4 heteroatoms. The van der Waals surface area contributed by atoms with E-state index in [-0.39, 0.29) is 11.6 Å². The molecule has 0 unspecified atom stereocenters. The van der Waals surface area contributed by atoms with Gasteiger partial charge in [-0.25, -0.2) is 4.39 Å². The fourth-order valence-electron chi connectivity index (χ4n) is 3.57. The third kappa shape index (κ3) is 3.86. The fourth-order valence-corrected chi connectivity index (χ4v) is 3.57. The van der Waals surface area contributed by atoms with Crippen LogP contribution in [0.1, 0.15) is 44.6 Å². The van der Waals surface area contributed by atoms with E-state index in [0.717, 1.165) is 57.3 Å². The second-order valence-electron chi connectivity index (χ2n) is 6.58. The SMILES string of the molecule is C[C@@H](CCc1ccccc1F)NC1CCC2(CC1)OCCO2. The third-order valence-electron chi connectivity index (χ3n) is 4.89. The van der Waals surface area contributed by atoms with Crippen molar-refractivity contribution in [3.63, 3.8) is 0 Å². The van der Waals surface area contributed by atoms with Crippen LogP contribution in [0.15, 0.2) is 24.3 Å². The van der Waals surface area contributed by atoms with Crippen LogP contribution in [0.4, 0.5) is 4.39 Å². The van der Waals surface area contributed by atoms with Gasteiger partial charge in [0.1, 0.15) is 5.82 Å². The normalized spacial score (nSPS) is 23.0. The average molecular weight is 307 g/mol. The number of hydrogen-bond donors (Lipinski definition) is 1. The molecule has 1 spiro atoms. The molecular weight excluding hydrogens is 281 g/mol. The molecule has 3 rings (SSSR count). The van der Waals surface area contributed by atoms with Crippen LogP contribution in [0.2, 0.25) is 0 Å². The Bertz CT molecular complexity index is 478. The summed E-state index contributed by atoms with van der Waals surface area (Å²) in [6.07, 6.45) is 5.86. The predicted molar refractivity (Wildman–Crippen MR) is 84.2 cm³/mol. The first-order chi connectivity index (χ1) is 10.7. The van der Waals surface area contributed by atoms with Crippen molar-refractivity contribution < 1.29 is 13.9 Å². The lowest BCUT2D eigenvalue weighted by Gasteiger charge is -2.36. The summed E-state index contributed by atoms with van der Waals surface area (Å²) in [5, 5.41) is 3.68. The minimum absolute atomic E-state index is 0.0927. The highest BCUT2D eigenvalue weighted by Gasteiger charge is 2.40. The Kier molecular flexibility index (Phi) is 5.11. The van der Waals surface area contributed by atoms with Gasteiger partial charge >= 0.3 is 0 Å². The van der Waals surface area contributed by atoms with Gasteiger partial charge in [0, 0.05) is 24.9 Å². The monoisotopic (exact) mass is 307 g/mol. The van der Waals surface area contributed by atoms with Gasteiger partial charge in [-0.1, -0.05) is 18.2 Å². The molecule has 22 heavy (non-hydrogen) atoms. The highest BCUT2D eigenvalue weighted by Crippen LogP contribution is 2.35. The van der Waals surface area contributed by atoms with Crippen molar-refractivity contribution >= 4 is 0 Å². The Morgan fingerprint density at radius 2 is 1.91 bits per heavy atom. The van der Waals surface area contributed by atoms with Gasteiger partial charge in [0.25, 0.3) is 0 Å². The standard InChI is InChI=1S/C18H26FNO2/c1-14(6-7-15-4-2-3-5-17(15)19)20-16-8-10-18(11-9-16)21-12-13-22-18/h2-5,14,16,20H,6-13H2,1H3/t14-/m0/s1. The summed E-state index contributed by atoms with van der Waals surface area (Å²) in [5.41, 5.74) is 0.812. The summed E-state index contributed by atoms with van der Waals surface area (Å²) in [6.45, 7) is 3.65. The summed E-state index contributed by atoms with van der Waals surface area (Å²) in [6, 6.07) is 7.97. The number of ether oxygens (including phenoxy) is 2. The van der Waals surface area contributed by atoms with Crippen molar-refractivity contribution in [2.24, 2.45) is 0 Å². The van der Waals surface area contributed by atoms with Crippen LogP contribution >= 0.6 is 0 Å². The number of hydrogen-bond acceptors (Lipinski definition) is 3. The first-order valence-electron chi connectivity index (χ1n) is 8.44.